The Labute approximate surface area is 183 Å². The highest BCUT2D eigenvalue weighted by atomic mass is 28.3. The molecule has 0 spiro atoms. The number of hydrogen-bond acceptors (Lipinski definition) is 2. The van der Waals surface area contributed by atoms with E-state index >= 15 is 0 Å². The van der Waals surface area contributed by atoms with Crippen LogP contribution in [0.25, 0.3) is 0 Å². The van der Waals surface area contributed by atoms with Gasteiger partial charge in [0.05, 0.1) is 6.61 Å². The van der Waals surface area contributed by atoms with E-state index in [0.717, 1.165) is 19.8 Å². The Morgan fingerprint density at radius 3 is 1.87 bits per heavy atom. The first-order valence-corrected chi connectivity index (χ1v) is 12.8. The number of benzene rings is 3. The molecule has 1 atom stereocenters. The molecule has 1 saturated heterocycles. The average Bonchev–Trinajstić information content (AvgIpc) is 2.76. The normalized spacial score (nSPS) is 17.1. The third kappa shape index (κ3) is 5.09. The third-order valence-electron chi connectivity index (χ3n) is 6.33. The summed E-state index contributed by atoms with van der Waals surface area (Å²) in [4.78, 5) is 2.55. The average molecular weight is 416 g/mol. The summed E-state index contributed by atoms with van der Waals surface area (Å²) >= 11 is 0. The van der Waals surface area contributed by atoms with Crippen LogP contribution in [0, 0.1) is 0 Å². The second kappa shape index (κ2) is 9.74. The van der Waals surface area contributed by atoms with Crippen molar-refractivity contribution in [3.05, 3.63) is 96.6 Å². The molecule has 1 fully saturated rings. The first-order chi connectivity index (χ1) is 14.6. The molecule has 3 heteroatoms. The molecular formula is C27H33NOSi. The Hall–Kier alpha value is -2.20. The van der Waals surface area contributed by atoms with Crippen molar-refractivity contribution in [2.75, 3.05) is 19.8 Å². The van der Waals surface area contributed by atoms with Gasteiger partial charge in [0, 0.05) is 25.7 Å². The van der Waals surface area contributed by atoms with E-state index in [1.807, 2.05) is 0 Å². The molecule has 30 heavy (non-hydrogen) atoms. The highest BCUT2D eigenvalue weighted by Crippen LogP contribution is 2.30. The molecule has 1 aliphatic heterocycles. The first-order valence-electron chi connectivity index (χ1n) is 11.1. The molecular weight excluding hydrogens is 382 g/mol. The first kappa shape index (κ1) is 21.0. The van der Waals surface area contributed by atoms with E-state index in [0.29, 0.717) is 6.04 Å². The molecule has 0 aliphatic carbocycles. The lowest BCUT2D eigenvalue weighted by atomic mass is 10.0. The van der Waals surface area contributed by atoms with Crippen LogP contribution in [0.2, 0.25) is 5.04 Å². The number of ether oxygens (including phenoxy) is 1. The fourth-order valence-electron chi connectivity index (χ4n) is 4.64. The SMILES string of the molecule is CC(C)(COCC1CCN1Cc1ccccc1)[SiH](c1ccccc1)c1ccccc1. The third-order valence-corrected chi connectivity index (χ3v) is 10.2. The van der Waals surface area contributed by atoms with Crippen LogP contribution in [0.5, 0.6) is 0 Å². The van der Waals surface area contributed by atoms with Gasteiger partial charge in [-0.05, 0) is 17.0 Å². The van der Waals surface area contributed by atoms with Crippen LogP contribution in [0.3, 0.4) is 0 Å². The monoisotopic (exact) mass is 415 g/mol. The summed E-state index contributed by atoms with van der Waals surface area (Å²) in [6, 6.07) is 33.5. The fourth-order valence-corrected chi connectivity index (χ4v) is 8.32. The zero-order valence-corrected chi connectivity index (χ0v) is 19.4. The molecule has 0 N–H and O–H groups in total. The van der Waals surface area contributed by atoms with Gasteiger partial charge in [-0.2, -0.15) is 0 Å². The quantitative estimate of drug-likeness (QED) is 0.488. The lowest BCUT2D eigenvalue weighted by molar-refractivity contribution is -0.00530. The Balaban J connectivity index is 1.38. The van der Waals surface area contributed by atoms with Gasteiger partial charge in [-0.3, -0.25) is 4.90 Å². The topological polar surface area (TPSA) is 12.5 Å². The second-order valence-electron chi connectivity index (χ2n) is 9.16. The maximum atomic E-state index is 6.39. The molecule has 1 aliphatic rings. The van der Waals surface area contributed by atoms with Crippen LogP contribution in [-0.2, 0) is 11.3 Å². The summed E-state index contributed by atoms with van der Waals surface area (Å²) in [6.07, 6.45) is 1.24. The minimum absolute atomic E-state index is 0.136. The van der Waals surface area contributed by atoms with E-state index < -0.39 is 8.80 Å². The number of nitrogens with zero attached hydrogens (tertiary/aromatic N) is 1. The number of rotatable bonds is 9. The second-order valence-corrected chi connectivity index (χ2v) is 12.9. The van der Waals surface area contributed by atoms with Gasteiger partial charge in [0.1, 0.15) is 8.80 Å². The number of hydrogen-bond donors (Lipinski definition) is 0. The summed E-state index contributed by atoms with van der Waals surface area (Å²) < 4.78 is 6.39. The van der Waals surface area contributed by atoms with E-state index in [1.54, 1.807) is 0 Å². The lowest BCUT2D eigenvalue weighted by Gasteiger charge is -2.42. The predicted molar refractivity (Wildman–Crippen MR) is 129 cm³/mol. The van der Waals surface area contributed by atoms with Gasteiger partial charge < -0.3 is 4.74 Å². The molecule has 1 unspecified atom stereocenters. The molecule has 4 rings (SSSR count). The van der Waals surface area contributed by atoms with Gasteiger partial charge in [0.2, 0.25) is 0 Å². The zero-order valence-electron chi connectivity index (χ0n) is 18.2. The van der Waals surface area contributed by atoms with E-state index in [4.69, 9.17) is 4.74 Å². The minimum atomic E-state index is -1.42. The van der Waals surface area contributed by atoms with Crippen LogP contribution in [0.1, 0.15) is 25.8 Å². The van der Waals surface area contributed by atoms with Crippen molar-refractivity contribution in [1.29, 1.82) is 0 Å². The molecule has 0 bridgehead atoms. The lowest BCUT2D eigenvalue weighted by Crippen LogP contribution is -2.53. The van der Waals surface area contributed by atoms with Crippen molar-refractivity contribution in [3.8, 4) is 0 Å². The molecule has 0 aromatic heterocycles. The van der Waals surface area contributed by atoms with E-state index in [2.05, 4.69) is 110 Å². The maximum Gasteiger partial charge on any atom is 0.110 e. The predicted octanol–water partition coefficient (Wildman–Crippen LogP) is 4.10. The van der Waals surface area contributed by atoms with Gasteiger partial charge in [-0.15, -0.1) is 0 Å². The van der Waals surface area contributed by atoms with E-state index in [-0.39, 0.29) is 5.04 Å². The standard InChI is InChI=1S/C27H33NOSi/c1-27(2,30(25-14-8-4-9-15-25)26-16-10-5-11-17-26)22-29-21-24-18-19-28(24)20-23-12-6-3-7-13-23/h3-17,24,30H,18-22H2,1-2H3. The highest BCUT2D eigenvalue weighted by molar-refractivity contribution is 6.87. The van der Waals surface area contributed by atoms with Crippen molar-refractivity contribution in [2.45, 2.75) is 37.9 Å². The van der Waals surface area contributed by atoms with Crippen molar-refractivity contribution in [3.63, 3.8) is 0 Å². The van der Waals surface area contributed by atoms with Crippen LogP contribution in [0.4, 0.5) is 0 Å². The van der Waals surface area contributed by atoms with Gasteiger partial charge in [0.15, 0.2) is 0 Å². The molecule has 156 valence electrons. The number of likely N-dealkylation sites (tertiary alicyclic amines) is 1. The summed E-state index contributed by atoms with van der Waals surface area (Å²) in [5.74, 6) is 0. The van der Waals surface area contributed by atoms with Crippen LogP contribution in [0.15, 0.2) is 91.0 Å². The molecule has 3 aromatic rings. The zero-order chi connectivity index (χ0) is 20.8. The molecule has 0 radical (unpaired) electrons. The molecule has 0 amide bonds. The molecule has 2 nitrogen and oxygen atoms in total. The van der Waals surface area contributed by atoms with E-state index in [9.17, 15) is 0 Å². The summed E-state index contributed by atoms with van der Waals surface area (Å²) in [6.45, 7) is 8.64. The summed E-state index contributed by atoms with van der Waals surface area (Å²) in [5.41, 5.74) is 1.39. The summed E-state index contributed by atoms with van der Waals surface area (Å²) in [5, 5.41) is 3.12. The van der Waals surface area contributed by atoms with Gasteiger partial charge in [-0.1, -0.05) is 115 Å². The Morgan fingerprint density at radius 2 is 1.37 bits per heavy atom. The Kier molecular flexibility index (Phi) is 6.83. The van der Waals surface area contributed by atoms with Crippen molar-refractivity contribution in [2.24, 2.45) is 0 Å². The Bertz CT molecular complexity index is 858. The molecule has 0 saturated carbocycles. The fraction of sp³-hybridized carbons (Fsp3) is 0.333. The smallest absolute Gasteiger partial charge is 0.110 e. The van der Waals surface area contributed by atoms with Gasteiger partial charge in [-0.25, -0.2) is 0 Å². The minimum Gasteiger partial charge on any atom is -0.380 e. The van der Waals surface area contributed by atoms with Crippen molar-refractivity contribution < 1.29 is 4.74 Å². The highest BCUT2D eigenvalue weighted by Gasteiger charge is 2.35. The van der Waals surface area contributed by atoms with Gasteiger partial charge >= 0.3 is 0 Å². The van der Waals surface area contributed by atoms with Crippen molar-refractivity contribution in [1.82, 2.24) is 4.90 Å². The maximum absolute atomic E-state index is 6.39. The molecule has 3 aromatic carbocycles. The van der Waals surface area contributed by atoms with Crippen LogP contribution >= 0.6 is 0 Å². The molecule has 1 heterocycles. The van der Waals surface area contributed by atoms with Gasteiger partial charge in [0.25, 0.3) is 0 Å². The van der Waals surface area contributed by atoms with Crippen LogP contribution in [-0.4, -0.2) is 39.5 Å². The van der Waals surface area contributed by atoms with E-state index in [1.165, 1.54) is 28.9 Å². The van der Waals surface area contributed by atoms with Crippen molar-refractivity contribution >= 4 is 19.2 Å². The largest absolute Gasteiger partial charge is 0.380 e. The Morgan fingerprint density at radius 1 is 0.833 bits per heavy atom. The van der Waals surface area contributed by atoms with Crippen LogP contribution < -0.4 is 10.4 Å². The summed E-state index contributed by atoms with van der Waals surface area (Å²) in [7, 11) is -1.42.